The molecule has 1 nitrogen and oxygen atoms in total. The third-order valence-corrected chi connectivity index (χ3v) is 2.87. The molecule has 0 amide bonds. The number of benzene rings is 1. The first kappa shape index (κ1) is 10.2. The molecule has 0 heterocycles. The van der Waals surface area contributed by atoms with Crippen molar-refractivity contribution in [3.63, 3.8) is 0 Å². The lowest BCUT2D eigenvalue weighted by atomic mass is 10.2. The second kappa shape index (κ2) is 5.70. The van der Waals surface area contributed by atoms with E-state index < -0.39 is 10.8 Å². The minimum Gasteiger partial charge on any atom is -0.255 e. The Bertz CT molecular complexity index is 290. The van der Waals surface area contributed by atoms with E-state index in [9.17, 15) is 4.21 Å². The summed E-state index contributed by atoms with van der Waals surface area (Å²) in [6.45, 7) is 2.04. The summed E-state index contributed by atoms with van der Waals surface area (Å²) in [7, 11) is -0.801. The van der Waals surface area contributed by atoms with Gasteiger partial charge in [-0.15, -0.1) is 0 Å². The molecule has 13 heavy (non-hydrogen) atoms. The van der Waals surface area contributed by atoms with Crippen molar-refractivity contribution in [3.8, 4) is 0 Å². The molecule has 1 unspecified atom stereocenters. The molecule has 0 aliphatic carbocycles. The van der Waals surface area contributed by atoms with Crippen LogP contribution >= 0.6 is 0 Å². The van der Waals surface area contributed by atoms with Crippen molar-refractivity contribution in [3.05, 3.63) is 41.3 Å². The Labute approximate surface area is 81.9 Å². The third kappa shape index (κ3) is 4.04. The van der Waals surface area contributed by atoms with E-state index in [2.05, 4.69) is 0 Å². The number of hydrogen-bond acceptors (Lipinski definition) is 1. The van der Waals surface area contributed by atoms with Gasteiger partial charge in [0.1, 0.15) is 0 Å². The molecule has 2 heteroatoms. The lowest BCUT2D eigenvalue weighted by Gasteiger charge is -1.92. The first-order valence-electron chi connectivity index (χ1n) is 4.43. The fourth-order valence-electron chi connectivity index (χ4n) is 0.988. The summed E-state index contributed by atoms with van der Waals surface area (Å²) in [5.41, 5.74) is 1.10. The maximum atomic E-state index is 11.2. The molecule has 1 atom stereocenters. The summed E-state index contributed by atoms with van der Waals surface area (Å²) in [5.74, 6) is 0.753. The molecule has 0 saturated heterocycles. The van der Waals surface area contributed by atoms with Gasteiger partial charge in [0.15, 0.2) is 0 Å². The highest BCUT2D eigenvalue weighted by atomic mass is 32.2. The van der Waals surface area contributed by atoms with E-state index in [1.54, 1.807) is 5.41 Å². The van der Waals surface area contributed by atoms with Crippen LogP contribution in [0.15, 0.2) is 35.7 Å². The maximum Gasteiger partial charge on any atom is 0.0456 e. The molecule has 0 N–H and O–H groups in total. The van der Waals surface area contributed by atoms with E-state index >= 15 is 0 Å². The van der Waals surface area contributed by atoms with Crippen molar-refractivity contribution in [2.75, 3.05) is 5.75 Å². The molecule has 0 spiro atoms. The highest BCUT2D eigenvalue weighted by Crippen LogP contribution is 2.02. The Morgan fingerprint density at radius 1 is 1.31 bits per heavy atom. The molecule has 1 rings (SSSR count). The van der Waals surface area contributed by atoms with Crippen LogP contribution in [-0.2, 0) is 10.8 Å². The molecule has 0 aliphatic rings. The Morgan fingerprint density at radius 2 is 2.00 bits per heavy atom. The fraction of sp³-hybridized carbons (Fsp3) is 0.273. The summed E-state index contributed by atoms with van der Waals surface area (Å²) >= 11 is 0. The van der Waals surface area contributed by atoms with E-state index in [1.807, 2.05) is 43.3 Å². The summed E-state index contributed by atoms with van der Waals surface area (Å²) in [5, 5.41) is 1.76. The van der Waals surface area contributed by atoms with Gasteiger partial charge < -0.3 is 0 Å². The second-order valence-corrected chi connectivity index (χ2v) is 4.24. The second-order valence-electron chi connectivity index (χ2n) is 2.80. The normalized spacial score (nSPS) is 13.3. The molecular weight excluding hydrogens is 180 g/mol. The minimum atomic E-state index is -0.801. The highest BCUT2D eigenvalue weighted by Gasteiger charge is 1.90. The van der Waals surface area contributed by atoms with Crippen molar-refractivity contribution in [1.82, 2.24) is 0 Å². The Kier molecular flexibility index (Phi) is 4.47. The Balaban J connectivity index is 2.54. The summed E-state index contributed by atoms with van der Waals surface area (Å²) in [6, 6.07) is 9.92. The van der Waals surface area contributed by atoms with Gasteiger partial charge in [-0.3, -0.25) is 4.21 Å². The van der Waals surface area contributed by atoms with Gasteiger partial charge in [0.05, 0.1) is 0 Å². The first-order valence-corrected chi connectivity index (χ1v) is 5.81. The predicted octanol–water partition coefficient (Wildman–Crippen LogP) is 2.82. The first-order chi connectivity index (χ1) is 6.33. The van der Waals surface area contributed by atoms with Gasteiger partial charge in [-0.25, -0.2) is 0 Å². The van der Waals surface area contributed by atoms with Crippen LogP contribution in [0, 0.1) is 0 Å². The van der Waals surface area contributed by atoms with E-state index in [0.29, 0.717) is 0 Å². The summed E-state index contributed by atoms with van der Waals surface area (Å²) < 4.78 is 11.2. The smallest absolute Gasteiger partial charge is 0.0456 e. The van der Waals surface area contributed by atoms with Crippen molar-refractivity contribution in [2.24, 2.45) is 0 Å². The molecule has 70 valence electrons. The minimum absolute atomic E-state index is 0.753. The van der Waals surface area contributed by atoms with Crippen LogP contribution in [0.4, 0.5) is 0 Å². The molecule has 0 bridgehead atoms. The van der Waals surface area contributed by atoms with E-state index in [4.69, 9.17) is 0 Å². The number of hydrogen-bond donors (Lipinski definition) is 0. The molecule has 0 aromatic heterocycles. The van der Waals surface area contributed by atoms with E-state index in [-0.39, 0.29) is 0 Å². The van der Waals surface area contributed by atoms with Crippen LogP contribution in [-0.4, -0.2) is 9.96 Å². The van der Waals surface area contributed by atoms with Gasteiger partial charge in [-0.1, -0.05) is 37.3 Å². The lowest BCUT2D eigenvalue weighted by molar-refractivity contribution is 0.687. The average molecular weight is 194 g/mol. The van der Waals surface area contributed by atoms with Crippen LogP contribution in [0.5, 0.6) is 0 Å². The summed E-state index contributed by atoms with van der Waals surface area (Å²) in [6.07, 6.45) is 2.87. The third-order valence-electron chi connectivity index (χ3n) is 1.62. The van der Waals surface area contributed by atoms with Crippen molar-refractivity contribution in [2.45, 2.75) is 13.3 Å². The van der Waals surface area contributed by atoms with Crippen LogP contribution in [0.3, 0.4) is 0 Å². The van der Waals surface area contributed by atoms with Crippen LogP contribution in [0.1, 0.15) is 18.9 Å². The van der Waals surface area contributed by atoms with E-state index in [1.165, 1.54) is 0 Å². The molecular formula is C11H14OS. The fourth-order valence-corrected chi connectivity index (χ4v) is 1.84. The number of rotatable bonds is 4. The van der Waals surface area contributed by atoms with Gasteiger partial charge in [0.25, 0.3) is 0 Å². The maximum absolute atomic E-state index is 11.2. The largest absolute Gasteiger partial charge is 0.255 e. The van der Waals surface area contributed by atoms with E-state index in [0.717, 1.165) is 17.7 Å². The van der Waals surface area contributed by atoms with Gasteiger partial charge >= 0.3 is 0 Å². The Hall–Kier alpha value is -0.890. The molecule has 0 saturated carbocycles. The monoisotopic (exact) mass is 194 g/mol. The lowest BCUT2D eigenvalue weighted by Crippen LogP contribution is -1.89. The van der Waals surface area contributed by atoms with Crippen molar-refractivity contribution >= 4 is 16.9 Å². The van der Waals surface area contributed by atoms with Crippen LogP contribution < -0.4 is 0 Å². The standard InChI is InChI=1S/C11H14OS/c1-2-9-13(12)10-8-11-6-4-3-5-7-11/h3-8,10H,2,9H2,1H3/b10-8-. The van der Waals surface area contributed by atoms with Gasteiger partial charge in [0.2, 0.25) is 0 Å². The zero-order valence-corrected chi connectivity index (χ0v) is 8.59. The molecule has 0 aliphatic heterocycles. The van der Waals surface area contributed by atoms with Crippen LogP contribution in [0.25, 0.3) is 6.08 Å². The van der Waals surface area contributed by atoms with Crippen LogP contribution in [0.2, 0.25) is 0 Å². The molecule has 1 aromatic rings. The Morgan fingerprint density at radius 3 is 2.62 bits per heavy atom. The quantitative estimate of drug-likeness (QED) is 0.720. The average Bonchev–Trinajstić information content (AvgIpc) is 2.17. The zero-order valence-electron chi connectivity index (χ0n) is 7.77. The summed E-state index contributed by atoms with van der Waals surface area (Å²) in [4.78, 5) is 0. The topological polar surface area (TPSA) is 17.1 Å². The zero-order chi connectivity index (χ0) is 9.52. The van der Waals surface area contributed by atoms with Gasteiger partial charge in [-0.2, -0.15) is 0 Å². The molecule has 1 aromatic carbocycles. The predicted molar refractivity (Wildman–Crippen MR) is 58.8 cm³/mol. The van der Waals surface area contributed by atoms with Crippen molar-refractivity contribution < 1.29 is 4.21 Å². The molecule has 0 radical (unpaired) electrons. The van der Waals surface area contributed by atoms with Gasteiger partial charge in [-0.05, 0) is 18.1 Å². The van der Waals surface area contributed by atoms with Gasteiger partial charge in [0, 0.05) is 22.0 Å². The highest BCUT2D eigenvalue weighted by molar-refractivity contribution is 7.88. The SMILES string of the molecule is CCCS(=O)/C=C\c1ccccc1. The molecule has 0 fully saturated rings. The van der Waals surface area contributed by atoms with Crippen molar-refractivity contribution in [1.29, 1.82) is 0 Å².